The predicted octanol–water partition coefficient (Wildman–Crippen LogP) is 6.89. The zero-order valence-corrected chi connectivity index (χ0v) is 22.7. The predicted molar refractivity (Wildman–Crippen MR) is 155 cm³/mol. The van der Waals surface area contributed by atoms with E-state index in [2.05, 4.69) is 77.7 Å². The van der Waals surface area contributed by atoms with Crippen LogP contribution in [0.3, 0.4) is 0 Å². The highest BCUT2D eigenvalue weighted by atomic mass is 19.1. The average molecular weight is 524 g/mol. The summed E-state index contributed by atoms with van der Waals surface area (Å²) in [5.41, 5.74) is 8.02. The maximum atomic E-state index is 13.3. The lowest BCUT2D eigenvalue weighted by Gasteiger charge is -2.29. The summed E-state index contributed by atoms with van der Waals surface area (Å²) >= 11 is 0. The van der Waals surface area contributed by atoms with Crippen molar-refractivity contribution in [1.29, 1.82) is 0 Å². The Kier molecular flexibility index (Phi) is 8.89. The second-order valence-corrected chi connectivity index (χ2v) is 9.99. The van der Waals surface area contributed by atoms with Gasteiger partial charge in [0.25, 0.3) is 0 Å². The van der Waals surface area contributed by atoms with E-state index >= 15 is 0 Å². The second kappa shape index (κ2) is 12.5. The second-order valence-electron chi connectivity index (χ2n) is 9.99. The Bertz CT molecular complexity index is 1450. The highest BCUT2D eigenvalue weighted by molar-refractivity contribution is 5.89. The molecule has 0 saturated carbocycles. The van der Waals surface area contributed by atoms with Gasteiger partial charge in [-0.25, -0.2) is 9.18 Å². The van der Waals surface area contributed by atoms with Gasteiger partial charge in [-0.1, -0.05) is 60.7 Å². The van der Waals surface area contributed by atoms with E-state index in [-0.39, 0.29) is 11.4 Å². The molecule has 0 aliphatic rings. The number of carboxylic acids is 1. The Morgan fingerprint density at radius 1 is 0.897 bits per heavy atom. The van der Waals surface area contributed by atoms with Crippen LogP contribution in [0.1, 0.15) is 43.9 Å². The molecule has 1 aromatic heterocycles. The fraction of sp³-hybridized carbons (Fsp3) is 0.212. The largest absolute Gasteiger partial charge is 0.478 e. The minimum Gasteiger partial charge on any atom is -0.478 e. The Morgan fingerprint density at radius 2 is 1.54 bits per heavy atom. The van der Waals surface area contributed by atoms with Crippen molar-refractivity contribution in [3.63, 3.8) is 0 Å². The summed E-state index contributed by atoms with van der Waals surface area (Å²) in [6.07, 6.45) is 2.29. The topological polar surface area (TPSA) is 56.7 Å². The molecule has 1 N–H and O–H groups in total. The number of benzene rings is 3. The first-order valence-electron chi connectivity index (χ1n) is 12.9. The van der Waals surface area contributed by atoms with Gasteiger partial charge in [0.05, 0.1) is 17.0 Å². The standard InChI is InChI=1S/C33H34FN3O2/c1-23-5-8-26(9-6-23)16-18-37(25(3)31-20-29(33(38)39)15-17-35-31)32-19-28(10-7-24(32)2)22-36(4)21-27-11-13-30(34)14-12-27/h5-15,17,19-20H,3,16,18,21-22H2,1-2,4H3,(H,38,39). The van der Waals surface area contributed by atoms with Crippen LogP contribution in [0.2, 0.25) is 0 Å². The van der Waals surface area contributed by atoms with E-state index in [0.717, 1.165) is 28.8 Å². The fourth-order valence-electron chi connectivity index (χ4n) is 4.57. The molecule has 4 aromatic rings. The lowest BCUT2D eigenvalue weighted by molar-refractivity contribution is 0.0696. The molecule has 0 amide bonds. The molecule has 200 valence electrons. The smallest absolute Gasteiger partial charge is 0.335 e. The van der Waals surface area contributed by atoms with Gasteiger partial charge in [0, 0.05) is 31.5 Å². The fourth-order valence-corrected chi connectivity index (χ4v) is 4.57. The number of rotatable bonds is 11. The van der Waals surface area contributed by atoms with Gasteiger partial charge in [-0.15, -0.1) is 0 Å². The molecule has 0 aliphatic carbocycles. The third kappa shape index (κ3) is 7.39. The van der Waals surface area contributed by atoms with E-state index in [0.29, 0.717) is 31.0 Å². The minimum atomic E-state index is -1.000. The van der Waals surface area contributed by atoms with Gasteiger partial charge < -0.3 is 10.0 Å². The third-order valence-electron chi connectivity index (χ3n) is 6.76. The maximum absolute atomic E-state index is 13.3. The number of carboxylic acid groups (broad SMARTS) is 1. The normalized spacial score (nSPS) is 11.0. The van der Waals surface area contributed by atoms with E-state index in [4.69, 9.17) is 0 Å². The van der Waals surface area contributed by atoms with Crippen LogP contribution >= 0.6 is 0 Å². The van der Waals surface area contributed by atoms with Gasteiger partial charge in [0.1, 0.15) is 5.82 Å². The van der Waals surface area contributed by atoms with E-state index in [1.807, 2.05) is 7.05 Å². The molecule has 6 heteroatoms. The molecule has 0 radical (unpaired) electrons. The molecule has 0 aliphatic heterocycles. The Morgan fingerprint density at radius 3 is 2.23 bits per heavy atom. The van der Waals surface area contributed by atoms with Crippen LogP contribution in [0.25, 0.3) is 5.70 Å². The molecule has 0 atom stereocenters. The monoisotopic (exact) mass is 523 g/mol. The number of aromatic nitrogens is 1. The van der Waals surface area contributed by atoms with Gasteiger partial charge in [-0.2, -0.15) is 0 Å². The summed E-state index contributed by atoms with van der Waals surface area (Å²) < 4.78 is 13.3. The van der Waals surface area contributed by atoms with E-state index < -0.39 is 5.97 Å². The Balaban J connectivity index is 1.62. The van der Waals surface area contributed by atoms with Gasteiger partial charge in [-0.05, 0) is 79.9 Å². The van der Waals surface area contributed by atoms with Crippen LogP contribution in [-0.4, -0.2) is 34.6 Å². The summed E-state index contributed by atoms with van der Waals surface area (Å²) in [5.74, 6) is -1.24. The first kappa shape index (κ1) is 27.7. The van der Waals surface area contributed by atoms with E-state index in [9.17, 15) is 14.3 Å². The van der Waals surface area contributed by atoms with Crippen LogP contribution in [0.15, 0.2) is 91.6 Å². The van der Waals surface area contributed by atoms with Crippen molar-refractivity contribution < 1.29 is 14.3 Å². The molecule has 3 aromatic carbocycles. The molecular formula is C33H34FN3O2. The number of pyridine rings is 1. The Labute approximate surface area is 229 Å². The van der Waals surface area contributed by atoms with Crippen LogP contribution in [0, 0.1) is 19.7 Å². The molecule has 0 fully saturated rings. The molecule has 4 rings (SSSR count). The number of carbonyl (C=O) groups is 1. The maximum Gasteiger partial charge on any atom is 0.335 e. The number of hydrogen-bond acceptors (Lipinski definition) is 4. The van der Waals surface area contributed by atoms with Crippen molar-refractivity contribution >= 4 is 17.4 Å². The van der Waals surface area contributed by atoms with Crippen LogP contribution in [0.4, 0.5) is 10.1 Å². The van der Waals surface area contributed by atoms with Gasteiger partial charge in [0.15, 0.2) is 0 Å². The van der Waals surface area contributed by atoms with Gasteiger partial charge in [-0.3, -0.25) is 9.88 Å². The number of hydrogen-bond donors (Lipinski definition) is 1. The molecule has 5 nitrogen and oxygen atoms in total. The summed E-state index contributed by atoms with van der Waals surface area (Å²) in [5, 5.41) is 9.51. The van der Waals surface area contributed by atoms with Crippen LogP contribution in [-0.2, 0) is 19.5 Å². The molecule has 1 heterocycles. The van der Waals surface area contributed by atoms with Crippen molar-refractivity contribution in [3.8, 4) is 0 Å². The first-order chi connectivity index (χ1) is 18.7. The SMILES string of the molecule is C=C(c1cc(C(=O)O)ccn1)N(CCc1ccc(C)cc1)c1cc(CN(C)Cc2ccc(F)cc2)ccc1C. The Hall–Kier alpha value is -4.29. The highest BCUT2D eigenvalue weighted by Gasteiger charge is 2.18. The number of aryl methyl sites for hydroxylation is 2. The summed E-state index contributed by atoms with van der Waals surface area (Å²) in [6.45, 7) is 10.5. The molecule has 0 spiro atoms. The molecule has 0 unspecified atom stereocenters. The van der Waals surface area contributed by atoms with Crippen molar-refractivity contribution in [2.75, 3.05) is 18.5 Å². The average Bonchev–Trinajstić information content (AvgIpc) is 2.92. The van der Waals surface area contributed by atoms with Gasteiger partial charge in [0.2, 0.25) is 0 Å². The summed E-state index contributed by atoms with van der Waals surface area (Å²) in [6, 6.07) is 24.5. The lowest BCUT2D eigenvalue weighted by atomic mass is 10.0. The van der Waals surface area contributed by atoms with Crippen LogP contribution < -0.4 is 4.90 Å². The number of anilines is 1. The lowest BCUT2D eigenvalue weighted by Crippen LogP contribution is -2.26. The van der Waals surface area contributed by atoms with Gasteiger partial charge >= 0.3 is 5.97 Å². The summed E-state index contributed by atoms with van der Waals surface area (Å²) in [7, 11) is 2.04. The summed E-state index contributed by atoms with van der Waals surface area (Å²) in [4.78, 5) is 20.4. The molecular weight excluding hydrogens is 489 g/mol. The third-order valence-corrected chi connectivity index (χ3v) is 6.76. The number of nitrogens with zero attached hydrogens (tertiary/aromatic N) is 3. The highest BCUT2D eigenvalue weighted by Crippen LogP contribution is 2.30. The van der Waals surface area contributed by atoms with Crippen molar-refractivity contribution in [1.82, 2.24) is 9.88 Å². The van der Waals surface area contributed by atoms with E-state index in [1.54, 1.807) is 18.2 Å². The zero-order chi connectivity index (χ0) is 27.9. The van der Waals surface area contributed by atoms with Crippen molar-refractivity contribution in [3.05, 3.63) is 137 Å². The molecule has 39 heavy (non-hydrogen) atoms. The van der Waals surface area contributed by atoms with Crippen molar-refractivity contribution in [2.24, 2.45) is 0 Å². The number of aromatic carboxylic acids is 1. The quantitative estimate of drug-likeness (QED) is 0.232. The van der Waals surface area contributed by atoms with E-state index in [1.165, 1.54) is 35.5 Å². The van der Waals surface area contributed by atoms with Crippen LogP contribution in [0.5, 0.6) is 0 Å². The molecule has 0 saturated heterocycles. The molecule has 0 bridgehead atoms. The zero-order valence-electron chi connectivity index (χ0n) is 22.7. The first-order valence-corrected chi connectivity index (χ1v) is 12.9. The minimum absolute atomic E-state index is 0.174. The number of halogens is 1. The van der Waals surface area contributed by atoms with Crippen molar-refractivity contribution in [2.45, 2.75) is 33.4 Å².